The van der Waals surface area contributed by atoms with E-state index in [0.717, 1.165) is 5.56 Å². The second kappa shape index (κ2) is 7.26. The van der Waals surface area contributed by atoms with Crippen molar-refractivity contribution in [3.8, 4) is 0 Å². The smallest absolute Gasteiger partial charge is 0.225 e. The SMILES string of the molecule is CCOCCO[C@H]1CC(=O)N(Cc2ccccc2)C1. The molecule has 1 atom stereocenters. The highest BCUT2D eigenvalue weighted by atomic mass is 16.5. The first-order chi connectivity index (χ1) is 9.29. The van der Waals surface area contributed by atoms with Crippen molar-refractivity contribution in [1.82, 2.24) is 4.90 Å². The summed E-state index contributed by atoms with van der Waals surface area (Å²) in [6, 6.07) is 10.0. The lowest BCUT2D eigenvalue weighted by molar-refractivity contribution is -0.128. The number of carbonyl (C=O) groups is 1. The minimum Gasteiger partial charge on any atom is -0.379 e. The molecule has 0 bridgehead atoms. The maximum absolute atomic E-state index is 11.9. The highest BCUT2D eigenvalue weighted by Gasteiger charge is 2.29. The molecule has 0 radical (unpaired) electrons. The summed E-state index contributed by atoms with van der Waals surface area (Å²) in [4.78, 5) is 13.8. The van der Waals surface area contributed by atoms with Crippen molar-refractivity contribution in [2.45, 2.75) is 26.0 Å². The van der Waals surface area contributed by atoms with Gasteiger partial charge in [0.1, 0.15) is 0 Å². The third kappa shape index (κ3) is 4.33. The number of nitrogens with zero attached hydrogens (tertiary/aromatic N) is 1. The molecule has 1 aliphatic heterocycles. The number of likely N-dealkylation sites (tertiary alicyclic amines) is 1. The number of rotatable bonds is 7. The quantitative estimate of drug-likeness (QED) is 0.705. The van der Waals surface area contributed by atoms with Gasteiger partial charge in [-0.3, -0.25) is 4.79 Å². The Kier molecular flexibility index (Phi) is 5.36. The summed E-state index contributed by atoms with van der Waals surface area (Å²) in [7, 11) is 0. The minimum absolute atomic E-state index is 0.0108. The minimum atomic E-state index is 0.0108. The van der Waals surface area contributed by atoms with Crippen molar-refractivity contribution < 1.29 is 14.3 Å². The lowest BCUT2D eigenvalue weighted by atomic mass is 10.2. The molecule has 1 amide bonds. The van der Waals surface area contributed by atoms with Gasteiger partial charge in [-0.2, -0.15) is 0 Å². The fourth-order valence-electron chi connectivity index (χ4n) is 2.22. The summed E-state index contributed by atoms with van der Waals surface area (Å²) < 4.78 is 10.9. The van der Waals surface area contributed by atoms with Crippen LogP contribution < -0.4 is 0 Å². The van der Waals surface area contributed by atoms with Crippen LogP contribution in [0.3, 0.4) is 0 Å². The Morgan fingerprint density at radius 3 is 2.79 bits per heavy atom. The fourth-order valence-corrected chi connectivity index (χ4v) is 2.22. The summed E-state index contributed by atoms with van der Waals surface area (Å²) in [5.41, 5.74) is 1.16. The highest BCUT2D eigenvalue weighted by Crippen LogP contribution is 2.17. The van der Waals surface area contributed by atoms with Crippen LogP contribution >= 0.6 is 0 Å². The molecule has 1 aromatic carbocycles. The van der Waals surface area contributed by atoms with Crippen LogP contribution in [0.25, 0.3) is 0 Å². The van der Waals surface area contributed by atoms with Crippen LogP contribution in [0.4, 0.5) is 0 Å². The van der Waals surface area contributed by atoms with Crippen molar-refractivity contribution in [1.29, 1.82) is 0 Å². The zero-order chi connectivity index (χ0) is 13.5. The van der Waals surface area contributed by atoms with E-state index in [0.29, 0.717) is 39.3 Å². The van der Waals surface area contributed by atoms with E-state index in [1.54, 1.807) is 0 Å². The van der Waals surface area contributed by atoms with Crippen LogP contribution in [0, 0.1) is 0 Å². The Balaban J connectivity index is 1.76. The van der Waals surface area contributed by atoms with E-state index in [-0.39, 0.29) is 12.0 Å². The molecule has 1 aliphatic rings. The molecule has 0 spiro atoms. The van der Waals surface area contributed by atoms with Crippen LogP contribution in [0.1, 0.15) is 18.9 Å². The Hall–Kier alpha value is -1.39. The average Bonchev–Trinajstić information content (AvgIpc) is 2.77. The van der Waals surface area contributed by atoms with Crippen molar-refractivity contribution >= 4 is 5.91 Å². The molecule has 0 aliphatic carbocycles. The molecule has 0 saturated carbocycles. The van der Waals surface area contributed by atoms with Crippen molar-refractivity contribution in [3.63, 3.8) is 0 Å². The molecule has 19 heavy (non-hydrogen) atoms. The Morgan fingerprint density at radius 2 is 2.05 bits per heavy atom. The molecule has 1 fully saturated rings. The lowest BCUT2D eigenvalue weighted by Crippen LogP contribution is -2.26. The van der Waals surface area contributed by atoms with Gasteiger partial charge in [0.2, 0.25) is 5.91 Å². The second-order valence-corrected chi connectivity index (χ2v) is 4.65. The van der Waals surface area contributed by atoms with Gasteiger partial charge in [-0.1, -0.05) is 30.3 Å². The molecule has 1 aromatic rings. The summed E-state index contributed by atoms with van der Waals surface area (Å²) in [6.07, 6.45) is 0.496. The van der Waals surface area contributed by atoms with Crippen LogP contribution in [-0.2, 0) is 20.8 Å². The topological polar surface area (TPSA) is 38.8 Å². The van der Waals surface area contributed by atoms with E-state index in [4.69, 9.17) is 9.47 Å². The molecule has 2 rings (SSSR count). The largest absolute Gasteiger partial charge is 0.379 e. The number of hydrogen-bond donors (Lipinski definition) is 0. The van der Waals surface area contributed by atoms with Crippen LogP contribution in [0.15, 0.2) is 30.3 Å². The molecular formula is C15H21NO3. The van der Waals surface area contributed by atoms with Crippen molar-refractivity contribution in [3.05, 3.63) is 35.9 Å². The van der Waals surface area contributed by atoms with Gasteiger partial charge in [-0.15, -0.1) is 0 Å². The first-order valence-corrected chi connectivity index (χ1v) is 6.80. The van der Waals surface area contributed by atoms with E-state index in [2.05, 4.69) is 0 Å². The van der Waals surface area contributed by atoms with Crippen LogP contribution in [-0.4, -0.2) is 43.3 Å². The maximum Gasteiger partial charge on any atom is 0.225 e. The molecule has 4 nitrogen and oxygen atoms in total. The molecule has 0 unspecified atom stereocenters. The lowest BCUT2D eigenvalue weighted by Gasteiger charge is -2.16. The first-order valence-electron chi connectivity index (χ1n) is 6.80. The molecule has 1 heterocycles. The monoisotopic (exact) mass is 263 g/mol. The fraction of sp³-hybridized carbons (Fsp3) is 0.533. The zero-order valence-electron chi connectivity index (χ0n) is 11.4. The van der Waals surface area contributed by atoms with E-state index in [1.807, 2.05) is 42.2 Å². The number of carbonyl (C=O) groups excluding carboxylic acids is 1. The molecule has 1 saturated heterocycles. The van der Waals surface area contributed by atoms with Crippen LogP contribution in [0.5, 0.6) is 0 Å². The van der Waals surface area contributed by atoms with Crippen molar-refractivity contribution in [2.24, 2.45) is 0 Å². The Morgan fingerprint density at radius 1 is 1.26 bits per heavy atom. The molecule has 4 heteroatoms. The number of amides is 1. The van der Waals surface area contributed by atoms with Gasteiger partial charge in [0.15, 0.2) is 0 Å². The average molecular weight is 263 g/mol. The Bertz CT molecular complexity index is 394. The van der Waals surface area contributed by atoms with Gasteiger partial charge in [-0.25, -0.2) is 0 Å². The van der Waals surface area contributed by atoms with E-state index in [1.165, 1.54) is 0 Å². The second-order valence-electron chi connectivity index (χ2n) is 4.65. The molecule has 104 valence electrons. The number of hydrogen-bond acceptors (Lipinski definition) is 3. The number of benzene rings is 1. The Labute approximate surface area is 114 Å². The first kappa shape index (κ1) is 14.0. The molecular weight excluding hydrogens is 242 g/mol. The van der Waals surface area contributed by atoms with E-state index < -0.39 is 0 Å². The van der Waals surface area contributed by atoms with Gasteiger partial charge in [0.25, 0.3) is 0 Å². The number of ether oxygens (including phenoxy) is 2. The standard InChI is InChI=1S/C15H21NO3/c1-2-18-8-9-19-14-10-15(17)16(12-14)11-13-6-4-3-5-7-13/h3-7,14H,2,8-12H2,1H3/t14-/m0/s1. The summed E-state index contributed by atoms with van der Waals surface area (Å²) >= 11 is 0. The predicted octanol–water partition coefficient (Wildman–Crippen LogP) is 1.84. The van der Waals surface area contributed by atoms with Gasteiger partial charge in [0.05, 0.1) is 25.7 Å². The highest BCUT2D eigenvalue weighted by molar-refractivity contribution is 5.79. The normalized spacial score (nSPS) is 19.1. The van der Waals surface area contributed by atoms with Crippen LogP contribution in [0.2, 0.25) is 0 Å². The molecule has 0 N–H and O–H groups in total. The van der Waals surface area contributed by atoms with Gasteiger partial charge in [0, 0.05) is 19.7 Å². The summed E-state index contributed by atoms with van der Waals surface area (Å²) in [6.45, 7) is 5.17. The predicted molar refractivity (Wildman–Crippen MR) is 72.7 cm³/mol. The third-order valence-corrected chi connectivity index (χ3v) is 3.18. The summed E-state index contributed by atoms with van der Waals surface area (Å²) in [5, 5.41) is 0. The third-order valence-electron chi connectivity index (χ3n) is 3.18. The summed E-state index contributed by atoms with van der Waals surface area (Å²) in [5.74, 6) is 0.172. The van der Waals surface area contributed by atoms with Gasteiger partial charge >= 0.3 is 0 Å². The van der Waals surface area contributed by atoms with E-state index >= 15 is 0 Å². The van der Waals surface area contributed by atoms with E-state index in [9.17, 15) is 4.79 Å². The van der Waals surface area contributed by atoms with Crippen molar-refractivity contribution in [2.75, 3.05) is 26.4 Å². The van der Waals surface area contributed by atoms with Gasteiger partial charge in [-0.05, 0) is 12.5 Å². The zero-order valence-corrected chi connectivity index (χ0v) is 11.4. The molecule has 0 aromatic heterocycles. The van der Waals surface area contributed by atoms with Gasteiger partial charge < -0.3 is 14.4 Å². The maximum atomic E-state index is 11.9.